The summed E-state index contributed by atoms with van der Waals surface area (Å²) in [6.07, 6.45) is 1.99. The zero-order chi connectivity index (χ0) is 13.7. The van der Waals surface area contributed by atoms with Crippen LogP contribution < -0.4 is 5.32 Å². The van der Waals surface area contributed by atoms with Crippen LogP contribution in [0.1, 0.15) is 16.9 Å². The monoisotopic (exact) mass is 255 g/mol. The van der Waals surface area contributed by atoms with E-state index in [4.69, 9.17) is 0 Å². The third kappa shape index (κ3) is 3.81. The molecule has 0 bridgehead atoms. The smallest absolute Gasteiger partial charge is 0.320 e. The second-order valence-electron chi connectivity index (χ2n) is 4.21. The van der Waals surface area contributed by atoms with E-state index in [2.05, 4.69) is 10.4 Å². The second-order valence-corrected chi connectivity index (χ2v) is 4.21. The molecule has 0 radical (unpaired) electrons. The lowest BCUT2D eigenvalue weighted by Gasteiger charge is -2.09. The Morgan fingerprint density at radius 1 is 1.61 bits per heavy atom. The zero-order valence-electron chi connectivity index (χ0n) is 10.7. The lowest BCUT2D eigenvalue weighted by Crippen LogP contribution is -2.28. The molecule has 0 fully saturated rings. The quantitative estimate of drug-likeness (QED) is 0.439. The van der Waals surface area contributed by atoms with Gasteiger partial charge in [0.1, 0.15) is 6.20 Å². The molecule has 0 saturated heterocycles. The Kier molecular flexibility index (Phi) is 4.78. The van der Waals surface area contributed by atoms with Crippen molar-refractivity contribution < 1.29 is 9.72 Å². The molecule has 0 atom stereocenters. The largest absolute Gasteiger partial charge is 0.350 e. The molecule has 0 unspecified atom stereocenters. The number of hydrogen-bond acceptors (Lipinski definition) is 5. The van der Waals surface area contributed by atoms with Crippen LogP contribution >= 0.6 is 0 Å². The highest BCUT2D eigenvalue weighted by Crippen LogP contribution is 2.15. The van der Waals surface area contributed by atoms with Crippen molar-refractivity contribution in [2.24, 2.45) is 7.05 Å². The van der Waals surface area contributed by atoms with Crippen molar-refractivity contribution in [2.45, 2.75) is 6.42 Å². The Balaban J connectivity index is 2.59. The van der Waals surface area contributed by atoms with Crippen molar-refractivity contribution in [1.82, 2.24) is 20.0 Å². The van der Waals surface area contributed by atoms with Gasteiger partial charge in [-0.25, -0.2) is 0 Å². The van der Waals surface area contributed by atoms with E-state index in [9.17, 15) is 14.9 Å². The molecule has 8 nitrogen and oxygen atoms in total. The van der Waals surface area contributed by atoms with E-state index >= 15 is 0 Å². The minimum absolute atomic E-state index is 0.146. The van der Waals surface area contributed by atoms with Gasteiger partial charge in [0.25, 0.3) is 5.91 Å². The van der Waals surface area contributed by atoms with Gasteiger partial charge in [-0.2, -0.15) is 5.10 Å². The maximum Gasteiger partial charge on any atom is 0.320 e. The third-order valence-electron chi connectivity index (χ3n) is 2.29. The van der Waals surface area contributed by atoms with Crippen LogP contribution in [0.4, 0.5) is 5.69 Å². The van der Waals surface area contributed by atoms with E-state index in [1.54, 1.807) is 0 Å². The van der Waals surface area contributed by atoms with E-state index < -0.39 is 10.8 Å². The highest BCUT2D eigenvalue weighted by Gasteiger charge is 2.24. The molecule has 1 aromatic rings. The van der Waals surface area contributed by atoms with Gasteiger partial charge in [0.15, 0.2) is 0 Å². The molecular formula is C10H17N5O3. The van der Waals surface area contributed by atoms with Crippen LogP contribution in [0.25, 0.3) is 0 Å². The Hall–Kier alpha value is -1.96. The second kappa shape index (κ2) is 6.10. The molecular weight excluding hydrogens is 238 g/mol. The maximum atomic E-state index is 11.7. The summed E-state index contributed by atoms with van der Waals surface area (Å²) in [6, 6.07) is 0. The molecule has 100 valence electrons. The molecule has 0 aliphatic carbocycles. The normalized spacial score (nSPS) is 10.7. The van der Waals surface area contributed by atoms with Crippen molar-refractivity contribution in [3.05, 3.63) is 22.0 Å². The van der Waals surface area contributed by atoms with Crippen LogP contribution in [-0.2, 0) is 7.05 Å². The Labute approximate surface area is 105 Å². The zero-order valence-corrected chi connectivity index (χ0v) is 10.7. The number of aromatic nitrogens is 2. The first-order valence-corrected chi connectivity index (χ1v) is 5.52. The number of amides is 1. The van der Waals surface area contributed by atoms with Crippen molar-refractivity contribution >= 4 is 11.6 Å². The average Bonchev–Trinajstić information content (AvgIpc) is 2.66. The summed E-state index contributed by atoms with van der Waals surface area (Å²) in [7, 11) is 5.41. The summed E-state index contributed by atoms with van der Waals surface area (Å²) in [5.74, 6) is -0.513. The molecule has 1 N–H and O–H groups in total. The molecule has 0 aliphatic rings. The average molecular weight is 255 g/mol. The summed E-state index contributed by atoms with van der Waals surface area (Å²) in [5.41, 5.74) is -0.421. The van der Waals surface area contributed by atoms with Gasteiger partial charge in [-0.15, -0.1) is 0 Å². The van der Waals surface area contributed by atoms with Gasteiger partial charge in [-0.05, 0) is 27.1 Å². The minimum atomic E-state index is -0.609. The number of carbonyl (C=O) groups is 1. The number of nitro groups is 1. The molecule has 0 aromatic carbocycles. The number of carbonyl (C=O) groups excluding carboxylic acids is 1. The number of rotatable bonds is 6. The molecule has 0 spiro atoms. The van der Waals surface area contributed by atoms with Crippen LogP contribution in [-0.4, -0.2) is 52.7 Å². The van der Waals surface area contributed by atoms with Gasteiger partial charge in [0.2, 0.25) is 5.69 Å². The van der Waals surface area contributed by atoms with E-state index in [0.29, 0.717) is 6.54 Å². The van der Waals surface area contributed by atoms with Gasteiger partial charge in [-0.3, -0.25) is 19.6 Å². The Morgan fingerprint density at radius 3 is 2.83 bits per heavy atom. The molecule has 8 heteroatoms. The molecule has 18 heavy (non-hydrogen) atoms. The highest BCUT2D eigenvalue weighted by molar-refractivity contribution is 5.95. The van der Waals surface area contributed by atoms with Gasteiger partial charge >= 0.3 is 5.69 Å². The summed E-state index contributed by atoms with van der Waals surface area (Å²) >= 11 is 0. The lowest BCUT2D eigenvalue weighted by molar-refractivity contribution is -0.385. The SMILES string of the molecule is CN(C)CCCNC(=O)c1nn(C)cc1[N+](=O)[O-]. The first-order chi connectivity index (χ1) is 8.41. The first kappa shape index (κ1) is 14.1. The highest BCUT2D eigenvalue weighted by atomic mass is 16.6. The Bertz CT molecular complexity index is 441. The van der Waals surface area contributed by atoms with Crippen LogP contribution in [0.2, 0.25) is 0 Å². The summed E-state index contributed by atoms with van der Waals surface area (Å²) in [4.78, 5) is 23.8. The van der Waals surface area contributed by atoms with Crippen molar-refractivity contribution in [3.8, 4) is 0 Å². The van der Waals surface area contributed by atoms with Crippen LogP contribution in [0.15, 0.2) is 6.20 Å². The predicted octanol–water partition coefficient (Wildman–Crippen LogP) is 0.00980. The summed E-state index contributed by atoms with van der Waals surface area (Å²) in [6.45, 7) is 1.30. The number of nitrogens with one attached hydrogen (secondary N) is 1. The van der Waals surface area contributed by atoms with Crippen molar-refractivity contribution in [1.29, 1.82) is 0 Å². The molecule has 0 aliphatic heterocycles. The number of aryl methyl sites for hydroxylation is 1. The van der Waals surface area contributed by atoms with E-state index in [0.717, 1.165) is 13.0 Å². The predicted molar refractivity (Wildman–Crippen MR) is 65.4 cm³/mol. The van der Waals surface area contributed by atoms with E-state index in [1.165, 1.54) is 17.9 Å². The van der Waals surface area contributed by atoms with Crippen molar-refractivity contribution in [2.75, 3.05) is 27.2 Å². The topological polar surface area (TPSA) is 93.3 Å². The summed E-state index contributed by atoms with van der Waals surface area (Å²) < 4.78 is 1.26. The standard InChI is InChI=1S/C10H17N5O3/c1-13(2)6-4-5-11-10(16)9-8(15(17)18)7-14(3)12-9/h7H,4-6H2,1-3H3,(H,11,16). The fourth-order valence-electron chi connectivity index (χ4n) is 1.45. The van der Waals surface area contributed by atoms with Gasteiger partial charge in [0, 0.05) is 13.6 Å². The van der Waals surface area contributed by atoms with Gasteiger partial charge < -0.3 is 10.2 Å². The Morgan fingerprint density at radius 2 is 2.28 bits per heavy atom. The van der Waals surface area contributed by atoms with Gasteiger partial charge in [0.05, 0.1) is 4.92 Å². The van der Waals surface area contributed by atoms with Crippen LogP contribution in [0.3, 0.4) is 0 Å². The van der Waals surface area contributed by atoms with E-state index in [-0.39, 0.29) is 11.4 Å². The molecule has 1 aromatic heterocycles. The van der Waals surface area contributed by atoms with Gasteiger partial charge in [-0.1, -0.05) is 0 Å². The van der Waals surface area contributed by atoms with Crippen LogP contribution in [0.5, 0.6) is 0 Å². The maximum absolute atomic E-state index is 11.7. The summed E-state index contributed by atoms with van der Waals surface area (Å²) in [5, 5.41) is 17.1. The number of hydrogen-bond donors (Lipinski definition) is 1. The van der Waals surface area contributed by atoms with Crippen molar-refractivity contribution in [3.63, 3.8) is 0 Å². The lowest BCUT2D eigenvalue weighted by atomic mass is 10.3. The third-order valence-corrected chi connectivity index (χ3v) is 2.29. The molecule has 0 saturated carbocycles. The fourth-order valence-corrected chi connectivity index (χ4v) is 1.45. The first-order valence-electron chi connectivity index (χ1n) is 5.52. The molecule has 1 rings (SSSR count). The molecule has 1 amide bonds. The minimum Gasteiger partial charge on any atom is -0.350 e. The van der Waals surface area contributed by atoms with Crippen LogP contribution in [0, 0.1) is 10.1 Å². The van der Waals surface area contributed by atoms with E-state index in [1.807, 2.05) is 19.0 Å². The molecule has 1 heterocycles. The fraction of sp³-hybridized carbons (Fsp3) is 0.600. The number of nitrogens with zero attached hydrogens (tertiary/aromatic N) is 4.